The maximum atomic E-state index is 13.1. The van der Waals surface area contributed by atoms with E-state index in [1.807, 2.05) is 6.07 Å². The van der Waals surface area contributed by atoms with Gasteiger partial charge < -0.3 is 20.3 Å². The Bertz CT molecular complexity index is 1150. The fraction of sp³-hybridized carbons (Fsp3) is 0.556. The molecule has 2 saturated carbocycles. The van der Waals surface area contributed by atoms with Gasteiger partial charge in [-0.25, -0.2) is 0 Å². The predicted octanol–water partition coefficient (Wildman–Crippen LogP) is 2.54. The van der Waals surface area contributed by atoms with Gasteiger partial charge >= 0.3 is 0 Å². The Morgan fingerprint density at radius 2 is 2.00 bits per heavy atom. The molecule has 1 amide bonds. The lowest BCUT2D eigenvalue weighted by atomic mass is 9.50. The fourth-order valence-electron chi connectivity index (χ4n) is 7.63. The highest BCUT2D eigenvalue weighted by atomic mass is 16.5. The van der Waals surface area contributed by atoms with E-state index < -0.39 is 17.1 Å². The van der Waals surface area contributed by atoms with E-state index in [1.54, 1.807) is 30.6 Å². The van der Waals surface area contributed by atoms with E-state index in [0.29, 0.717) is 24.2 Å². The number of nitrogens with zero attached hydrogens (tertiary/aromatic N) is 2. The molecule has 3 heterocycles. The Morgan fingerprint density at radius 1 is 1.18 bits per heavy atom. The van der Waals surface area contributed by atoms with Gasteiger partial charge in [-0.05, 0) is 81.2 Å². The molecule has 3 fully saturated rings. The number of rotatable bonds is 4. The van der Waals surface area contributed by atoms with Crippen molar-refractivity contribution in [3.05, 3.63) is 53.3 Å². The highest BCUT2D eigenvalue weighted by Crippen LogP contribution is 2.65. The molecule has 3 aliphatic carbocycles. The molecule has 1 aromatic heterocycles. The third-order valence-corrected chi connectivity index (χ3v) is 9.24. The van der Waals surface area contributed by atoms with Crippen LogP contribution in [0, 0.1) is 5.92 Å². The van der Waals surface area contributed by atoms with Crippen molar-refractivity contribution in [3.8, 4) is 11.5 Å². The van der Waals surface area contributed by atoms with Gasteiger partial charge in [-0.3, -0.25) is 14.7 Å². The van der Waals surface area contributed by atoms with Crippen LogP contribution in [0.5, 0.6) is 11.5 Å². The molecule has 5 atom stereocenters. The molecule has 2 aromatic rings. The first-order valence-corrected chi connectivity index (χ1v) is 12.7. The molecule has 2 bridgehead atoms. The lowest BCUT2D eigenvalue weighted by Gasteiger charge is -2.59. The Morgan fingerprint density at radius 3 is 2.79 bits per heavy atom. The number of phenolic OH excluding ortho intramolecular Hbond substituents is 1. The predicted molar refractivity (Wildman–Crippen MR) is 125 cm³/mol. The van der Waals surface area contributed by atoms with Gasteiger partial charge in [0.15, 0.2) is 11.5 Å². The van der Waals surface area contributed by atoms with Crippen molar-refractivity contribution in [2.75, 3.05) is 13.1 Å². The molecular formula is C27H31N3O4. The average Bonchev–Trinajstić information content (AvgIpc) is 3.59. The number of carbonyl (C=O) groups is 1. The van der Waals surface area contributed by atoms with Crippen molar-refractivity contribution in [2.24, 2.45) is 5.92 Å². The minimum absolute atomic E-state index is 0.0292. The van der Waals surface area contributed by atoms with Crippen LogP contribution in [0.2, 0.25) is 0 Å². The quantitative estimate of drug-likeness (QED) is 0.648. The Labute approximate surface area is 199 Å². The first-order valence-electron chi connectivity index (χ1n) is 12.7. The Kier molecular flexibility index (Phi) is 4.38. The summed E-state index contributed by atoms with van der Waals surface area (Å²) in [6.45, 7) is 2.03. The Hall–Kier alpha value is -2.64. The van der Waals surface area contributed by atoms with E-state index in [2.05, 4.69) is 15.2 Å². The molecule has 0 unspecified atom stereocenters. The van der Waals surface area contributed by atoms with Crippen LogP contribution in [-0.4, -0.2) is 62.9 Å². The molecular weight excluding hydrogens is 430 g/mol. The molecule has 1 saturated heterocycles. The normalized spacial score (nSPS) is 35.7. The number of aromatic nitrogens is 1. The molecule has 178 valence electrons. The number of hydrogen-bond donors (Lipinski definition) is 3. The first-order chi connectivity index (χ1) is 16.5. The monoisotopic (exact) mass is 461 g/mol. The third-order valence-electron chi connectivity index (χ3n) is 9.24. The number of aliphatic hydroxyl groups is 1. The van der Waals surface area contributed by atoms with Crippen molar-refractivity contribution in [2.45, 2.75) is 74.1 Å². The summed E-state index contributed by atoms with van der Waals surface area (Å²) in [5.74, 6) is 1.23. The molecule has 1 aromatic carbocycles. The number of carbonyl (C=O) groups excluding carboxylic acids is 1. The standard InChI is InChI=1S/C27H31N3O4/c31-20-5-4-18-14-21-27(33)10-6-19(29-25(32)17-7-11-28-12-8-17)24-26(27,22(18)23(20)34-24)9-1-13-30(21)15-16-2-3-16/h4-5,7-8,11-12,16,19,21,24,31,33H,1-3,6,9-10,13-15H2,(H,29,32)/t19-,21-,24+,26+,27-/m1/s1. The smallest absolute Gasteiger partial charge is 0.251 e. The summed E-state index contributed by atoms with van der Waals surface area (Å²) in [5.41, 5.74) is 1.14. The van der Waals surface area contributed by atoms with E-state index >= 15 is 0 Å². The molecule has 0 radical (unpaired) electrons. The average molecular weight is 462 g/mol. The summed E-state index contributed by atoms with van der Waals surface area (Å²) >= 11 is 0. The number of benzene rings is 1. The first kappa shape index (κ1) is 20.7. The highest BCUT2D eigenvalue weighted by Gasteiger charge is 2.72. The zero-order chi connectivity index (χ0) is 23.1. The molecule has 3 N–H and O–H groups in total. The van der Waals surface area contributed by atoms with Crippen LogP contribution in [0.3, 0.4) is 0 Å². The van der Waals surface area contributed by atoms with Gasteiger partial charge in [0.2, 0.25) is 0 Å². The van der Waals surface area contributed by atoms with Crippen molar-refractivity contribution in [1.29, 1.82) is 0 Å². The van der Waals surface area contributed by atoms with Crippen LogP contribution in [-0.2, 0) is 11.8 Å². The van der Waals surface area contributed by atoms with Crippen molar-refractivity contribution in [3.63, 3.8) is 0 Å². The second kappa shape index (κ2) is 7.18. The zero-order valence-corrected chi connectivity index (χ0v) is 19.2. The number of likely N-dealkylation sites (tertiary alicyclic amines) is 1. The third kappa shape index (κ3) is 2.71. The van der Waals surface area contributed by atoms with E-state index in [0.717, 1.165) is 43.8 Å². The van der Waals surface area contributed by atoms with Gasteiger partial charge in [0, 0.05) is 36.1 Å². The van der Waals surface area contributed by atoms with Crippen molar-refractivity contribution < 1.29 is 19.7 Å². The largest absolute Gasteiger partial charge is 0.504 e. The number of phenols is 1. The number of nitrogens with one attached hydrogen (secondary N) is 1. The number of amides is 1. The molecule has 7 rings (SSSR count). The van der Waals surface area contributed by atoms with Crippen LogP contribution in [0.1, 0.15) is 60.0 Å². The second-order valence-electron chi connectivity index (χ2n) is 11.0. The van der Waals surface area contributed by atoms with E-state index in [4.69, 9.17) is 4.74 Å². The van der Waals surface area contributed by atoms with Gasteiger partial charge in [0.25, 0.3) is 5.91 Å². The second-order valence-corrected chi connectivity index (χ2v) is 11.0. The molecule has 7 nitrogen and oxygen atoms in total. The topological polar surface area (TPSA) is 94.9 Å². The van der Waals surface area contributed by atoms with Gasteiger partial charge in [0.05, 0.1) is 17.1 Å². The minimum atomic E-state index is -0.951. The Balaban J connectivity index is 1.33. The van der Waals surface area contributed by atoms with Crippen molar-refractivity contribution in [1.82, 2.24) is 15.2 Å². The lowest BCUT2D eigenvalue weighted by molar-refractivity contribution is -0.155. The maximum Gasteiger partial charge on any atom is 0.251 e. The van der Waals surface area contributed by atoms with Crippen molar-refractivity contribution >= 4 is 5.91 Å². The minimum Gasteiger partial charge on any atom is -0.504 e. The summed E-state index contributed by atoms with van der Waals surface area (Å²) in [4.78, 5) is 19.7. The van der Waals surface area contributed by atoms with Gasteiger partial charge in [0.1, 0.15) is 6.10 Å². The lowest BCUT2D eigenvalue weighted by Crippen LogP contribution is -2.74. The van der Waals surface area contributed by atoms with Gasteiger partial charge in [-0.15, -0.1) is 0 Å². The maximum absolute atomic E-state index is 13.1. The SMILES string of the molecule is O=C(N[C@@H]1CC[C@@]2(O)[C@H]3Cc4ccc(O)c5c4[C@@]2(CCCN3CC2CC2)[C@H]1O5)c1ccncc1. The molecule has 2 aliphatic heterocycles. The number of ether oxygens (including phenoxy) is 1. The summed E-state index contributed by atoms with van der Waals surface area (Å²) in [6, 6.07) is 6.94. The van der Waals surface area contributed by atoms with E-state index in [1.165, 1.54) is 18.4 Å². The van der Waals surface area contributed by atoms with E-state index in [-0.39, 0.29) is 23.7 Å². The summed E-state index contributed by atoms with van der Waals surface area (Å²) in [5, 5.41) is 26.6. The fourth-order valence-corrected chi connectivity index (χ4v) is 7.63. The highest BCUT2D eigenvalue weighted by molar-refractivity contribution is 5.94. The van der Waals surface area contributed by atoms with Crippen LogP contribution >= 0.6 is 0 Å². The van der Waals surface area contributed by atoms with Gasteiger partial charge in [-0.2, -0.15) is 0 Å². The van der Waals surface area contributed by atoms with Crippen LogP contribution < -0.4 is 10.1 Å². The zero-order valence-electron chi connectivity index (χ0n) is 19.2. The number of pyridine rings is 1. The molecule has 34 heavy (non-hydrogen) atoms. The molecule has 1 spiro atoms. The van der Waals surface area contributed by atoms with E-state index in [9.17, 15) is 15.0 Å². The number of aromatic hydroxyl groups is 1. The summed E-state index contributed by atoms with van der Waals surface area (Å²) in [7, 11) is 0. The number of hydrogen-bond acceptors (Lipinski definition) is 6. The van der Waals surface area contributed by atoms with Crippen LogP contribution in [0.25, 0.3) is 0 Å². The van der Waals surface area contributed by atoms with Gasteiger partial charge in [-0.1, -0.05) is 6.07 Å². The molecule has 7 heteroatoms. The molecule has 5 aliphatic rings. The van der Waals surface area contributed by atoms with Crippen LogP contribution in [0.15, 0.2) is 36.7 Å². The summed E-state index contributed by atoms with van der Waals surface area (Å²) in [6.07, 6.45) is 9.16. The summed E-state index contributed by atoms with van der Waals surface area (Å²) < 4.78 is 6.55. The van der Waals surface area contributed by atoms with Crippen LogP contribution in [0.4, 0.5) is 0 Å².